The standard InChI is InChI=1S/C24H27AsN8O3/c1-31-12-13-32(22(34)15-31)18-7-9-21(30-23(18)17-4-2-16(14-26)3-5-17)28-11-10-25-20-8-6-19(33(35)36)24(27)29-20/h2-9,25,35-36H,10-13,15H2,1H3,(H2,27,29)(H,28,30). The van der Waals surface area contributed by atoms with Crippen LogP contribution >= 0.6 is 0 Å². The van der Waals surface area contributed by atoms with Crippen molar-refractivity contribution in [3.63, 3.8) is 0 Å². The van der Waals surface area contributed by atoms with Crippen LogP contribution in [0.2, 0.25) is 5.21 Å². The van der Waals surface area contributed by atoms with Gasteiger partial charge in [0.15, 0.2) is 0 Å². The molecule has 11 nitrogen and oxygen atoms in total. The molecule has 4 rings (SSSR count). The number of aromatic nitrogens is 2. The van der Waals surface area contributed by atoms with E-state index in [2.05, 4.69) is 16.4 Å². The van der Waals surface area contributed by atoms with Crippen molar-refractivity contribution in [3.05, 3.63) is 54.1 Å². The Hall–Kier alpha value is -3.68. The van der Waals surface area contributed by atoms with E-state index in [-0.39, 0.29) is 22.6 Å². The van der Waals surface area contributed by atoms with Crippen LogP contribution in [0.5, 0.6) is 0 Å². The molecular formula is C24H27AsN8O3. The molecule has 36 heavy (non-hydrogen) atoms. The van der Waals surface area contributed by atoms with E-state index in [4.69, 9.17) is 26.4 Å². The fourth-order valence-electron chi connectivity index (χ4n) is 3.84. The van der Waals surface area contributed by atoms with Gasteiger partial charge in [0, 0.05) is 0 Å². The van der Waals surface area contributed by atoms with Gasteiger partial charge in [0.05, 0.1) is 0 Å². The molecule has 0 aliphatic carbocycles. The molecule has 0 saturated carbocycles. The van der Waals surface area contributed by atoms with Gasteiger partial charge in [-0.3, -0.25) is 0 Å². The molecule has 186 valence electrons. The topological polar surface area (TPSA) is 155 Å². The van der Waals surface area contributed by atoms with Crippen LogP contribution in [0.4, 0.5) is 23.0 Å². The predicted octanol–water partition coefficient (Wildman–Crippen LogP) is 1.05. The van der Waals surface area contributed by atoms with E-state index in [0.717, 1.165) is 27.5 Å². The Morgan fingerprint density at radius 2 is 1.92 bits per heavy atom. The number of nitrogens with one attached hydrogen (secondary N) is 1. The van der Waals surface area contributed by atoms with E-state index in [1.165, 1.54) is 6.07 Å². The molecule has 0 radical (unpaired) electrons. The van der Waals surface area contributed by atoms with Crippen LogP contribution < -0.4 is 25.7 Å². The van der Waals surface area contributed by atoms with E-state index in [1.807, 2.05) is 36.2 Å². The van der Waals surface area contributed by atoms with Gasteiger partial charge < -0.3 is 0 Å². The summed E-state index contributed by atoms with van der Waals surface area (Å²) in [5.74, 6) is 0.775. The van der Waals surface area contributed by atoms with Crippen molar-refractivity contribution in [2.24, 2.45) is 0 Å². The third-order valence-corrected chi connectivity index (χ3v) is 8.11. The monoisotopic (exact) mass is 550 g/mol. The molecule has 12 heteroatoms. The quantitative estimate of drug-likeness (QED) is 0.182. The van der Waals surface area contributed by atoms with Gasteiger partial charge in [-0.25, -0.2) is 0 Å². The average molecular weight is 550 g/mol. The first kappa shape index (κ1) is 25.4. The van der Waals surface area contributed by atoms with E-state index < -0.39 is 15.8 Å². The zero-order chi connectivity index (χ0) is 25.7. The molecular weight excluding hydrogens is 523 g/mol. The van der Waals surface area contributed by atoms with Crippen LogP contribution in [0.1, 0.15) is 5.56 Å². The van der Waals surface area contributed by atoms with Crippen molar-refractivity contribution < 1.29 is 15.2 Å². The van der Waals surface area contributed by atoms with Crippen LogP contribution in [-0.2, 0) is 4.79 Å². The Morgan fingerprint density at radius 3 is 2.58 bits per heavy atom. The molecule has 1 amide bonds. The fourth-order valence-corrected chi connectivity index (χ4v) is 5.75. The number of pyridine rings is 2. The molecule has 0 spiro atoms. The summed E-state index contributed by atoms with van der Waals surface area (Å²) in [6.45, 7) is 2.38. The van der Waals surface area contributed by atoms with Crippen molar-refractivity contribution in [2.75, 3.05) is 54.4 Å². The normalized spacial score (nSPS) is 14.3. The third-order valence-electron chi connectivity index (χ3n) is 5.72. The summed E-state index contributed by atoms with van der Waals surface area (Å²) in [5.41, 5.74) is 8.63. The van der Waals surface area contributed by atoms with Crippen molar-refractivity contribution in [1.29, 1.82) is 5.26 Å². The minimum absolute atomic E-state index is 0.0230. The van der Waals surface area contributed by atoms with Gasteiger partial charge in [-0.2, -0.15) is 0 Å². The van der Waals surface area contributed by atoms with Crippen molar-refractivity contribution in [1.82, 2.24) is 14.9 Å². The number of carbonyl (C=O) groups is 1. The zero-order valence-electron chi connectivity index (χ0n) is 19.7. The van der Waals surface area contributed by atoms with Gasteiger partial charge in [-0.05, 0) is 0 Å². The summed E-state index contributed by atoms with van der Waals surface area (Å²) in [6.07, 6.45) is 0. The van der Waals surface area contributed by atoms with Crippen LogP contribution in [0.3, 0.4) is 0 Å². The minimum atomic E-state index is -0.607. The number of rotatable bonds is 8. The number of nitrogens with zero attached hydrogens (tertiary/aromatic N) is 6. The summed E-state index contributed by atoms with van der Waals surface area (Å²) in [7, 11) is 1.93. The fraction of sp³-hybridized carbons (Fsp3) is 0.250. The van der Waals surface area contributed by atoms with Gasteiger partial charge in [0.25, 0.3) is 0 Å². The number of carbonyl (C=O) groups excluding carboxylic acids is 1. The van der Waals surface area contributed by atoms with Crippen LogP contribution in [0, 0.1) is 11.3 Å². The number of anilines is 4. The molecule has 0 bridgehead atoms. The SMILES string of the molecule is CN1CCN(c2ccc(NCC[AsH]c3ccc(N(O)O)c(N)n3)nc2-c2ccc(C#N)cc2)C(=O)C1. The molecule has 1 aliphatic rings. The number of benzene rings is 1. The summed E-state index contributed by atoms with van der Waals surface area (Å²) >= 11 is -0.607. The molecule has 5 N–H and O–H groups in total. The maximum atomic E-state index is 12.8. The summed E-state index contributed by atoms with van der Waals surface area (Å²) in [4.78, 5) is 25.6. The molecule has 3 aromatic rings. The van der Waals surface area contributed by atoms with Crippen LogP contribution in [0.15, 0.2) is 48.5 Å². The van der Waals surface area contributed by atoms with Gasteiger partial charge in [0.2, 0.25) is 0 Å². The summed E-state index contributed by atoms with van der Waals surface area (Å²) in [6, 6.07) is 16.4. The van der Waals surface area contributed by atoms with Gasteiger partial charge in [-0.15, -0.1) is 0 Å². The Morgan fingerprint density at radius 1 is 1.14 bits per heavy atom. The van der Waals surface area contributed by atoms with Crippen molar-refractivity contribution in [3.8, 4) is 17.3 Å². The number of likely N-dealkylation sites (N-methyl/N-ethyl adjacent to an activating group) is 1. The molecule has 1 aliphatic heterocycles. The first-order valence-electron chi connectivity index (χ1n) is 11.3. The first-order chi connectivity index (χ1) is 17.4. The number of nitriles is 1. The Balaban J connectivity index is 1.49. The molecule has 1 atom stereocenters. The van der Waals surface area contributed by atoms with E-state index in [9.17, 15) is 4.79 Å². The number of nitrogen functional groups attached to an aromatic ring is 1. The average Bonchev–Trinajstić information content (AvgIpc) is 2.87. The van der Waals surface area contributed by atoms with E-state index >= 15 is 0 Å². The number of hydrogen-bond donors (Lipinski definition) is 4. The second-order valence-corrected chi connectivity index (χ2v) is 11.1. The Labute approximate surface area is 215 Å². The molecule has 1 fully saturated rings. The van der Waals surface area contributed by atoms with Gasteiger partial charge >= 0.3 is 216 Å². The number of nitrogens with two attached hydrogens (primary N) is 1. The Kier molecular flexibility index (Phi) is 8.03. The second-order valence-electron chi connectivity index (χ2n) is 8.28. The van der Waals surface area contributed by atoms with Crippen LogP contribution in [-0.4, -0.2) is 80.2 Å². The summed E-state index contributed by atoms with van der Waals surface area (Å²) < 4.78 is 0.857. The van der Waals surface area contributed by atoms with Crippen LogP contribution in [0.25, 0.3) is 11.3 Å². The van der Waals surface area contributed by atoms with Gasteiger partial charge in [0.1, 0.15) is 0 Å². The molecule has 3 heterocycles. The summed E-state index contributed by atoms with van der Waals surface area (Å²) in [5, 5.41) is 31.6. The third kappa shape index (κ3) is 5.93. The van der Waals surface area contributed by atoms with E-state index in [0.29, 0.717) is 36.7 Å². The van der Waals surface area contributed by atoms with E-state index in [1.54, 1.807) is 23.1 Å². The zero-order valence-corrected chi connectivity index (χ0v) is 21.8. The van der Waals surface area contributed by atoms with Crippen molar-refractivity contribution >= 4 is 49.2 Å². The van der Waals surface area contributed by atoms with Gasteiger partial charge in [-0.1, -0.05) is 0 Å². The predicted molar refractivity (Wildman–Crippen MR) is 139 cm³/mol. The van der Waals surface area contributed by atoms with Crippen molar-refractivity contribution in [2.45, 2.75) is 5.21 Å². The number of piperazine rings is 1. The maximum absolute atomic E-state index is 12.8. The molecule has 1 unspecified atom stereocenters. The molecule has 2 aromatic heterocycles. The number of amides is 1. The molecule has 1 aromatic carbocycles. The molecule has 1 saturated heterocycles. The Bertz CT molecular complexity index is 1280. The second kappa shape index (κ2) is 11.4. The number of hydrogen-bond acceptors (Lipinski definition) is 10. The first-order valence-corrected chi connectivity index (χ1v) is 13.8.